The molecule has 1 saturated heterocycles. The van der Waals surface area contributed by atoms with E-state index in [2.05, 4.69) is 52.5 Å². The molecule has 1 aromatic carbocycles. The molecule has 1 atom stereocenters. The Morgan fingerprint density at radius 1 is 1.24 bits per heavy atom. The Morgan fingerprint density at radius 2 is 2.10 bits per heavy atom. The van der Waals surface area contributed by atoms with Crippen molar-refractivity contribution in [3.63, 3.8) is 0 Å². The summed E-state index contributed by atoms with van der Waals surface area (Å²) >= 11 is 1.79. The van der Waals surface area contributed by atoms with Crippen molar-refractivity contribution in [2.75, 3.05) is 13.1 Å². The van der Waals surface area contributed by atoms with Crippen LogP contribution in [0, 0.1) is 11.3 Å². The number of nitrogens with one attached hydrogen (secondary N) is 1. The van der Waals surface area contributed by atoms with Gasteiger partial charge >= 0.3 is 0 Å². The van der Waals surface area contributed by atoms with Gasteiger partial charge in [-0.3, -0.25) is 0 Å². The summed E-state index contributed by atoms with van der Waals surface area (Å²) in [5.41, 5.74) is 8.60. The predicted molar refractivity (Wildman–Crippen MR) is 128 cm³/mol. The smallest absolute Gasteiger partial charge is 0.0480 e. The largest absolute Gasteiger partial charge is 0.404 e. The molecule has 0 bridgehead atoms. The molecule has 0 aliphatic carbocycles. The van der Waals surface area contributed by atoms with Gasteiger partial charge < -0.3 is 15.7 Å². The lowest BCUT2D eigenvalue weighted by Gasteiger charge is -2.19. The average molecular weight is 407 g/mol. The zero-order valence-electron chi connectivity index (χ0n) is 16.9. The van der Waals surface area contributed by atoms with E-state index >= 15 is 0 Å². The van der Waals surface area contributed by atoms with E-state index in [4.69, 9.17) is 11.1 Å². The molecule has 0 amide bonds. The number of nitrogens with zero attached hydrogens (tertiary/aromatic N) is 2. The lowest BCUT2D eigenvalue weighted by atomic mass is 10.0. The Morgan fingerprint density at radius 3 is 2.83 bits per heavy atom. The van der Waals surface area contributed by atoms with Gasteiger partial charge in [-0.25, -0.2) is 4.31 Å². The molecule has 1 aliphatic rings. The van der Waals surface area contributed by atoms with E-state index in [1.165, 1.54) is 42.6 Å². The first-order chi connectivity index (χ1) is 14.2. The predicted octanol–water partition coefficient (Wildman–Crippen LogP) is 5.60. The van der Waals surface area contributed by atoms with Crippen molar-refractivity contribution >= 4 is 34.6 Å². The summed E-state index contributed by atoms with van der Waals surface area (Å²) in [5, 5.41) is 8.69. The van der Waals surface area contributed by atoms with Crippen LogP contribution in [0.2, 0.25) is 0 Å². The molecule has 1 unspecified atom stereocenters. The molecule has 0 saturated carbocycles. The summed E-state index contributed by atoms with van der Waals surface area (Å²) in [4.78, 5) is 1.15. The molecule has 29 heavy (non-hydrogen) atoms. The van der Waals surface area contributed by atoms with Crippen molar-refractivity contribution in [2.45, 2.75) is 25.8 Å². The van der Waals surface area contributed by atoms with Crippen LogP contribution < -0.4 is 5.73 Å². The second-order valence-electron chi connectivity index (χ2n) is 7.33. The highest BCUT2D eigenvalue weighted by atomic mass is 32.2. The second-order valence-corrected chi connectivity index (χ2v) is 8.50. The van der Waals surface area contributed by atoms with Crippen LogP contribution in [-0.4, -0.2) is 28.2 Å². The first kappa shape index (κ1) is 21.2. The molecule has 0 radical (unpaired) electrons. The molecule has 152 valence electrons. The zero-order chi connectivity index (χ0) is 20.6. The number of hydrogen-bond acceptors (Lipinski definition) is 4. The van der Waals surface area contributed by atoms with Crippen LogP contribution in [0.4, 0.5) is 0 Å². The zero-order valence-corrected chi connectivity index (χ0v) is 17.7. The van der Waals surface area contributed by atoms with Gasteiger partial charge in [0.05, 0.1) is 0 Å². The molecule has 3 N–H and O–H groups in total. The van der Waals surface area contributed by atoms with Gasteiger partial charge in [0.15, 0.2) is 0 Å². The van der Waals surface area contributed by atoms with Crippen LogP contribution >= 0.6 is 11.9 Å². The van der Waals surface area contributed by atoms with Gasteiger partial charge in [-0.05, 0) is 67.0 Å². The third kappa shape index (κ3) is 5.31. The van der Waals surface area contributed by atoms with E-state index < -0.39 is 0 Å². The number of hydrogen-bond donors (Lipinski definition) is 2. The number of aromatic nitrogens is 1. The third-order valence-electron chi connectivity index (χ3n) is 5.42. The van der Waals surface area contributed by atoms with Gasteiger partial charge in [0, 0.05) is 59.6 Å². The van der Waals surface area contributed by atoms with Crippen LogP contribution in [0.1, 0.15) is 24.8 Å². The fourth-order valence-electron chi connectivity index (χ4n) is 3.86. The summed E-state index contributed by atoms with van der Waals surface area (Å²) < 4.78 is 4.82. The number of rotatable bonds is 8. The van der Waals surface area contributed by atoms with Crippen LogP contribution in [0.3, 0.4) is 0 Å². The normalized spacial score (nSPS) is 19.1. The Balaban J connectivity index is 1.66. The first-order valence-electron chi connectivity index (χ1n) is 10.1. The highest BCUT2D eigenvalue weighted by Gasteiger charge is 2.19. The van der Waals surface area contributed by atoms with E-state index in [1.807, 2.05) is 18.2 Å². The standard InChI is InChI=1S/C24H30N4S/c1-3-6-23(4-2)29-28-12-5-7-19(10-14-28)18-27-13-11-21-15-20(8-9-24(21)27)22(16-25)17-26/h3-4,6,8-9,11,13,15-17,19,25H,1-2,5,7,10,12,14,18,26H2/b22-17+,23-6+,25-16?. The molecule has 2 heterocycles. The Hall–Kier alpha value is -2.50. The van der Waals surface area contributed by atoms with Gasteiger partial charge in [-0.15, -0.1) is 0 Å². The maximum Gasteiger partial charge on any atom is 0.0480 e. The van der Waals surface area contributed by atoms with Crippen LogP contribution in [-0.2, 0) is 6.54 Å². The molecular weight excluding hydrogens is 376 g/mol. The molecule has 2 aromatic rings. The van der Waals surface area contributed by atoms with Crippen LogP contribution in [0.5, 0.6) is 0 Å². The SMILES string of the molecule is C=C/C=C(\C=C)SN1CCCC(Cn2ccc3cc(/C(C=N)=C/N)ccc32)CC1. The summed E-state index contributed by atoms with van der Waals surface area (Å²) in [5.74, 6) is 0.674. The molecule has 1 aromatic heterocycles. The fourth-order valence-corrected chi connectivity index (χ4v) is 4.81. The van der Waals surface area contributed by atoms with Crippen LogP contribution in [0.15, 0.2) is 73.0 Å². The summed E-state index contributed by atoms with van der Waals surface area (Å²) in [6.45, 7) is 10.9. The van der Waals surface area contributed by atoms with Crippen molar-refractivity contribution in [3.05, 3.63) is 78.5 Å². The third-order valence-corrected chi connectivity index (χ3v) is 6.56. The van der Waals surface area contributed by atoms with E-state index in [0.717, 1.165) is 35.7 Å². The van der Waals surface area contributed by atoms with Gasteiger partial charge in [0.1, 0.15) is 0 Å². The van der Waals surface area contributed by atoms with E-state index in [9.17, 15) is 0 Å². The molecule has 1 aliphatic heterocycles. The molecular formula is C24H30N4S. The van der Waals surface area contributed by atoms with Gasteiger partial charge in [-0.2, -0.15) is 0 Å². The summed E-state index contributed by atoms with van der Waals surface area (Å²) in [6, 6.07) is 8.47. The van der Waals surface area contributed by atoms with Gasteiger partial charge in [0.2, 0.25) is 0 Å². The second kappa shape index (κ2) is 10.3. The first-order valence-corrected chi connectivity index (χ1v) is 10.9. The number of benzene rings is 1. The van der Waals surface area contributed by atoms with Crippen molar-refractivity contribution in [2.24, 2.45) is 11.7 Å². The molecule has 1 fully saturated rings. The minimum absolute atomic E-state index is 0.674. The molecule has 4 nitrogen and oxygen atoms in total. The highest BCUT2D eigenvalue weighted by Crippen LogP contribution is 2.29. The quantitative estimate of drug-likeness (QED) is 0.341. The summed E-state index contributed by atoms with van der Waals surface area (Å²) in [6.07, 6.45) is 14.4. The minimum atomic E-state index is 0.674. The average Bonchev–Trinajstić information content (AvgIpc) is 3.00. The number of allylic oxidation sites excluding steroid dienone is 4. The lowest BCUT2D eigenvalue weighted by Crippen LogP contribution is -2.17. The molecule has 0 spiro atoms. The number of nitrogens with two attached hydrogens (primary N) is 1. The monoisotopic (exact) mass is 406 g/mol. The van der Waals surface area contributed by atoms with E-state index in [-0.39, 0.29) is 0 Å². The van der Waals surface area contributed by atoms with E-state index in [0.29, 0.717) is 5.92 Å². The van der Waals surface area contributed by atoms with Crippen molar-refractivity contribution in [1.29, 1.82) is 5.41 Å². The molecule has 5 heteroatoms. The van der Waals surface area contributed by atoms with Crippen molar-refractivity contribution in [1.82, 2.24) is 8.87 Å². The fraction of sp³-hybridized carbons (Fsp3) is 0.292. The minimum Gasteiger partial charge on any atom is -0.404 e. The summed E-state index contributed by atoms with van der Waals surface area (Å²) in [7, 11) is 0. The maximum absolute atomic E-state index is 7.50. The lowest BCUT2D eigenvalue weighted by molar-refractivity contribution is 0.401. The highest BCUT2D eigenvalue weighted by molar-refractivity contribution is 8.01. The van der Waals surface area contributed by atoms with Gasteiger partial charge in [0.25, 0.3) is 0 Å². The Kier molecular flexibility index (Phi) is 7.55. The Bertz CT molecular complexity index is 938. The van der Waals surface area contributed by atoms with Crippen molar-refractivity contribution < 1.29 is 0 Å². The topological polar surface area (TPSA) is 58.0 Å². The van der Waals surface area contributed by atoms with Crippen LogP contribution in [0.25, 0.3) is 16.5 Å². The molecule has 3 rings (SSSR count). The number of fused-ring (bicyclic) bond motifs is 1. The van der Waals surface area contributed by atoms with Crippen molar-refractivity contribution in [3.8, 4) is 0 Å². The Labute approximate surface area is 178 Å². The van der Waals surface area contributed by atoms with E-state index in [1.54, 1.807) is 11.9 Å². The van der Waals surface area contributed by atoms with Gasteiger partial charge in [-0.1, -0.05) is 31.4 Å². The maximum atomic E-state index is 7.50.